The lowest BCUT2D eigenvalue weighted by molar-refractivity contribution is -0.0887. The van der Waals surface area contributed by atoms with Gasteiger partial charge in [0.25, 0.3) is 11.5 Å². The summed E-state index contributed by atoms with van der Waals surface area (Å²) in [4.78, 5) is 33.2. The van der Waals surface area contributed by atoms with Crippen molar-refractivity contribution in [2.45, 2.75) is 51.6 Å². The Morgan fingerprint density at radius 3 is 2.91 bits per heavy atom. The van der Waals surface area contributed by atoms with Crippen molar-refractivity contribution in [2.24, 2.45) is 5.92 Å². The summed E-state index contributed by atoms with van der Waals surface area (Å²) in [5.41, 5.74) is 0.246. The summed E-state index contributed by atoms with van der Waals surface area (Å²) in [7, 11) is 0. The van der Waals surface area contributed by atoms with Crippen LogP contribution in [-0.4, -0.2) is 44.6 Å². The van der Waals surface area contributed by atoms with Crippen molar-refractivity contribution in [3.05, 3.63) is 27.4 Å². The molecule has 2 fully saturated rings. The van der Waals surface area contributed by atoms with Gasteiger partial charge in [-0.1, -0.05) is 12.8 Å². The highest BCUT2D eigenvalue weighted by Gasteiger charge is 2.44. The summed E-state index contributed by atoms with van der Waals surface area (Å²) >= 11 is 0. The number of nitrogens with one attached hydrogen (secondary N) is 1. The van der Waals surface area contributed by atoms with Crippen LogP contribution in [0.4, 0.5) is 0 Å². The molecule has 0 spiro atoms. The number of fused-ring (bicyclic) bond motifs is 1. The van der Waals surface area contributed by atoms with E-state index in [1.54, 1.807) is 18.7 Å². The van der Waals surface area contributed by atoms with E-state index in [1.165, 1.54) is 0 Å². The zero-order valence-electron chi connectivity index (χ0n) is 13.2. The maximum absolute atomic E-state index is 12.6. The molecule has 3 rings (SSSR count). The summed E-state index contributed by atoms with van der Waals surface area (Å²) in [5.74, 6) is -0.207. The van der Waals surface area contributed by atoms with Crippen LogP contribution in [0.2, 0.25) is 0 Å². The molecule has 1 saturated carbocycles. The molecule has 2 N–H and O–H groups in total. The fourth-order valence-corrected chi connectivity index (χ4v) is 3.67. The predicted molar refractivity (Wildman–Crippen MR) is 81.8 cm³/mol. The van der Waals surface area contributed by atoms with E-state index in [0.717, 1.165) is 25.7 Å². The quantitative estimate of drug-likeness (QED) is 0.815. The van der Waals surface area contributed by atoms with Gasteiger partial charge in [-0.25, -0.2) is 4.98 Å². The van der Waals surface area contributed by atoms with Crippen LogP contribution in [0.3, 0.4) is 0 Å². The van der Waals surface area contributed by atoms with E-state index in [1.807, 2.05) is 0 Å². The number of carbonyl (C=O) groups excluding carboxylic acids is 1. The summed E-state index contributed by atoms with van der Waals surface area (Å²) in [6.45, 7) is 4.54. The summed E-state index contributed by atoms with van der Waals surface area (Å²) in [6, 6.07) is 0. The number of nitrogens with zero attached hydrogens (tertiary/aromatic N) is 2. The minimum Gasteiger partial charge on any atom is -0.389 e. The summed E-state index contributed by atoms with van der Waals surface area (Å²) in [5, 5.41) is 10.7. The van der Waals surface area contributed by atoms with Gasteiger partial charge < -0.3 is 15.0 Å². The van der Waals surface area contributed by atoms with Crippen LogP contribution in [0.5, 0.6) is 0 Å². The van der Waals surface area contributed by atoms with Crippen molar-refractivity contribution in [1.82, 2.24) is 14.9 Å². The van der Waals surface area contributed by atoms with E-state index in [-0.39, 0.29) is 17.5 Å². The van der Waals surface area contributed by atoms with Gasteiger partial charge >= 0.3 is 0 Å². The number of amides is 1. The van der Waals surface area contributed by atoms with E-state index in [0.29, 0.717) is 30.9 Å². The van der Waals surface area contributed by atoms with Gasteiger partial charge in [-0.05, 0) is 33.1 Å². The molecule has 2 atom stereocenters. The molecule has 2 unspecified atom stereocenters. The van der Waals surface area contributed by atoms with E-state index >= 15 is 0 Å². The van der Waals surface area contributed by atoms with Crippen molar-refractivity contribution >= 4 is 5.91 Å². The Labute approximate surface area is 129 Å². The van der Waals surface area contributed by atoms with Gasteiger partial charge in [0.15, 0.2) is 5.69 Å². The van der Waals surface area contributed by atoms with Crippen LogP contribution in [0.15, 0.2) is 4.79 Å². The van der Waals surface area contributed by atoms with Crippen LogP contribution in [0.1, 0.15) is 54.0 Å². The number of aromatic nitrogens is 2. The highest BCUT2D eigenvalue weighted by atomic mass is 16.3. The lowest BCUT2D eigenvalue weighted by Gasteiger charge is -2.47. The van der Waals surface area contributed by atoms with E-state index in [9.17, 15) is 14.7 Å². The molecule has 0 radical (unpaired) electrons. The second kappa shape index (κ2) is 5.50. The molecule has 120 valence electrons. The monoisotopic (exact) mass is 305 g/mol. The maximum atomic E-state index is 12.6. The van der Waals surface area contributed by atoms with Crippen molar-refractivity contribution in [3.63, 3.8) is 0 Å². The molecule has 0 aromatic carbocycles. The molecule has 1 amide bonds. The van der Waals surface area contributed by atoms with Gasteiger partial charge in [0, 0.05) is 24.7 Å². The highest BCUT2D eigenvalue weighted by Crippen LogP contribution is 2.39. The van der Waals surface area contributed by atoms with E-state index in [2.05, 4.69) is 9.97 Å². The topological polar surface area (TPSA) is 86.3 Å². The average molecular weight is 305 g/mol. The summed E-state index contributed by atoms with van der Waals surface area (Å²) < 4.78 is 0. The second-order valence-electron chi connectivity index (χ2n) is 6.67. The Morgan fingerprint density at radius 1 is 1.36 bits per heavy atom. The Kier molecular flexibility index (Phi) is 3.80. The Balaban J connectivity index is 1.82. The second-order valence-corrected chi connectivity index (χ2v) is 6.67. The number of rotatable bonds is 1. The van der Waals surface area contributed by atoms with Gasteiger partial charge in [0.1, 0.15) is 0 Å². The van der Waals surface area contributed by atoms with Gasteiger partial charge in [-0.15, -0.1) is 0 Å². The molecule has 1 aromatic rings. The maximum Gasteiger partial charge on any atom is 0.279 e. The first-order chi connectivity index (χ1) is 10.4. The Bertz CT molecular complexity index is 655. The van der Waals surface area contributed by atoms with Crippen molar-refractivity contribution in [1.29, 1.82) is 0 Å². The molecule has 6 nitrogen and oxygen atoms in total. The van der Waals surface area contributed by atoms with Crippen LogP contribution in [0.25, 0.3) is 0 Å². The largest absolute Gasteiger partial charge is 0.389 e. The zero-order chi connectivity index (χ0) is 15.9. The Hall–Kier alpha value is -1.69. The van der Waals surface area contributed by atoms with Crippen LogP contribution in [0, 0.1) is 19.8 Å². The van der Waals surface area contributed by atoms with E-state index < -0.39 is 11.2 Å². The fraction of sp³-hybridized carbons (Fsp3) is 0.688. The van der Waals surface area contributed by atoms with Gasteiger partial charge in [-0.3, -0.25) is 9.59 Å². The molecular weight excluding hydrogens is 282 g/mol. The molecular formula is C16H23N3O3. The third kappa shape index (κ3) is 2.56. The lowest BCUT2D eigenvalue weighted by atomic mass is 9.71. The first kappa shape index (κ1) is 15.2. The average Bonchev–Trinajstić information content (AvgIpc) is 2.49. The molecule has 1 saturated heterocycles. The fourth-order valence-electron chi connectivity index (χ4n) is 3.67. The lowest BCUT2D eigenvalue weighted by Crippen LogP contribution is -2.55. The molecule has 0 bridgehead atoms. The van der Waals surface area contributed by atoms with Crippen molar-refractivity contribution < 1.29 is 9.90 Å². The number of aryl methyl sites for hydroxylation is 2. The highest BCUT2D eigenvalue weighted by molar-refractivity contribution is 5.92. The number of aliphatic hydroxyl groups is 1. The number of hydrogen-bond donors (Lipinski definition) is 2. The minimum absolute atomic E-state index is 0.0376. The molecule has 22 heavy (non-hydrogen) atoms. The number of H-pyrrole nitrogens is 1. The Morgan fingerprint density at radius 2 is 2.14 bits per heavy atom. The van der Waals surface area contributed by atoms with Crippen LogP contribution >= 0.6 is 0 Å². The van der Waals surface area contributed by atoms with Crippen LogP contribution in [-0.2, 0) is 0 Å². The normalized spacial score (nSPS) is 28.3. The smallest absolute Gasteiger partial charge is 0.279 e. The minimum atomic E-state index is -0.627. The molecule has 6 heteroatoms. The number of carbonyl (C=O) groups is 1. The zero-order valence-corrected chi connectivity index (χ0v) is 13.2. The molecule has 1 aromatic heterocycles. The number of piperidine rings is 1. The molecule has 1 aliphatic heterocycles. The number of hydrogen-bond acceptors (Lipinski definition) is 4. The van der Waals surface area contributed by atoms with Gasteiger partial charge in [0.05, 0.1) is 11.3 Å². The van der Waals surface area contributed by atoms with Crippen LogP contribution < -0.4 is 5.56 Å². The first-order valence-electron chi connectivity index (χ1n) is 8.00. The summed E-state index contributed by atoms with van der Waals surface area (Å²) in [6.07, 6.45) is 4.50. The third-order valence-electron chi connectivity index (χ3n) is 5.26. The standard InChI is InChI=1S/C16H23N3O3/c1-10-11(2)18-14(20)13(17-10)15(21)19-8-7-16(22)6-4-3-5-12(16)9-19/h12,22H,3-9H2,1-2H3,(H,18,20). The van der Waals surface area contributed by atoms with Gasteiger partial charge in [-0.2, -0.15) is 0 Å². The molecule has 1 aliphatic carbocycles. The van der Waals surface area contributed by atoms with E-state index in [4.69, 9.17) is 0 Å². The number of aromatic amines is 1. The molecule has 2 heterocycles. The molecule has 2 aliphatic rings. The SMILES string of the molecule is Cc1nc(C(=O)N2CCC3(O)CCCCC3C2)c(=O)[nH]c1C. The van der Waals surface area contributed by atoms with Crippen molar-refractivity contribution in [2.75, 3.05) is 13.1 Å². The van der Waals surface area contributed by atoms with Gasteiger partial charge in [0.2, 0.25) is 0 Å². The third-order valence-corrected chi connectivity index (χ3v) is 5.26. The predicted octanol–water partition coefficient (Wildman–Crippen LogP) is 1.15. The first-order valence-corrected chi connectivity index (χ1v) is 8.00. The number of likely N-dealkylation sites (tertiary alicyclic amines) is 1. The van der Waals surface area contributed by atoms with Crippen molar-refractivity contribution in [3.8, 4) is 0 Å².